The molecule has 1 aromatic heterocycles. The van der Waals surface area contributed by atoms with E-state index >= 15 is 9.59 Å². The largest absolute Gasteiger partial charge is 0.456 e. The van der Waals surface area contributed by atoms with Gasteiger partial charge >= 0.3 is 11.9 Å². The molecule has 8 aromatic rings. The molecular formula is C56H47N4O7PS. The highest BCUT2D eigenvalue weighted by Gasteiger charge is 2.61. The molecule has 0 spiro atoms. The summed E-state index contributed by atoms with van der Waals surface area (Å²) in [6.07, 6.45) is 0.571. The Balaban J connectivity index is 1.38. The zero-order valence-corrected chi connectivity index (χ0v) is 39.4. The molecule has 69 heavy (non-hydrogen) atoms. The van der Waals surface area contributed by atoms with Gasteiger partial charge in [-0.25, -0.2) is 4.79 Å². The molecule has 1 aliphatic heterocycles. The van der Waals surface area contributed by atoms with Crippen molar-refractivity contribution in [2.45, 2.75) is 29.8 Å². The molecule has 2 heterocycles. The number of esters is 2. The minimum Gasteiger partial charge on any atom is -0.456 e. The van der Waals surface area contributed by atoms with Crippen LogP contribution < -0.4 is 15.9 Å². The highest BCUT2D eigenvalue weighted by molar-refractivity contribution is 8.01. The first-order chi connectivity index (χ1) is 33.6. The molecule has 0 saturated carbocycles. The van der Waals surface area contributed by atoms with Gasteiger partial charge in [0.1, 0.15) is 29.0 Å². The summed E-state index contributed by atoms with van der Waals surface area (Å²) >= 11 is 1.49. The van der Waals surface area contributed by atoms with Gasteiger partial charge in [-0.1, -0.05) is 182 Å². The number of rotatable bonds is 16. The number of β-lactam (4-membered cyclic amide) rings is 1. The molecule has 1 fully saturated rings. The third-order valence-corrected chi connectivity index (χ3v) is 18.3. The maximum absolute atomic E-state index is 16.1. The van der Waals surface area contributed by atoms with Gasteiger partial charge in [0.05, 0.1) is 9.67 Å². The SMILES string of the molecule is CC(=O)OC(c1ccn(C)n1)C1C(=O)N(C(C(=O)OCc2ccc([N+](=O)[O-])cc2)=P(c2ccccc2)(c2ccccc2)c2ccccc2)C1SC(c1ccccc1)(c1ccccc1)c1ccccc1. The average Bonchev–Trinajstić information content (AvgIpc) is 3.84. The number of amides is 1. The van der Waals surface area contributed by atoms with Crippen molar-refractivity contribution >= 4 is 63.5 Å². The van der Waals surface area contributed by atoms with E-state index in [1.54, 1.807) is 41.0 Å². The number of nitro groups is 1. The third kappa shape index (κ3) is 8.92. The monoisotopic (exact) mass is 950 g/mol. The van der Waals surface area contributed by atoms with E-state index in [1.165, 1.54) is 30.8 Å². The fraction of sp³-hybridized carbons (Fsp3) is 0.125. The normalized spacial score (nSPS) is 15.1. The number of thioether (sulfide) groups is 1. The van der Waals surface area contributed by atoms with Crippen LogP contribution in [0.15, 0.2) is 219 Å². The molecule has 0 radical (unpaired) electrons. The Bertz CT molecular complexity index is 2940. The predicted molar refractivity (Wildman–Crippen MR) is 272 cm³/mol. The zero-order chi connectivity index (χ0) is 48.0. The van der Waals surface area contributed by atoms with Crippen LogP contribution in [0.4, 0.5) is 5.69 Å². The summed E-state index contributed by atoms with van der Waals surface area (Å²) in [6.45, 7) is -2.42. The van der Waals surface area contributed by atoms with Crippen molar-refractivity contribution in [2.24, 2.45) is 13.0 Å². The zero-order valence-electron chi connectivity index (χ0n) is 37.7. The van der Waals surface area contributed by atoms with Crippen molar-refractivity contribution in [3.63, 3.8) is 0 Å². The number of non-ortho nitro benzene ring substituents is 1. The Kier molecular flexibility index (Phi) is 13.6. The molecule has 13 heteroatoms. The smallest absolute Gasteiger partial charge is 0.356 e. The van der Waals surface area contributed by atoms with E-state index in [0.717, 1.165) is 32.6 Å². The number of nitro benzene ring substituents is 1. The molecule has 1 aliphatic rings. The molecule has 3 unspecified atom stereocenters. The molecule has 0 bridgehead atoms. The van der Waals surface area contributed by atoms with Gasteiger partial charge in [0.25, 0.3) is 5.69 Å². The molecular weight excluding hydrogens is 904 g/mol. The van der Waals surface area contributed by atoms with Crippen LogP contribution in [0.25, 0.3) is 0 Å². The van der Waals surface area contributed by atoms with E-state index in [-0.39, 0.29) is 17.7 Å². The second kappa shape index (κ2) is 20.2. The van der Waals surface area contributed by atoms with Gasteiger partial charge in [0, 0.05) is 39.2 Å². The van der Waals surface area contributed by atoms with Crippen molar-refractivity contribution in [1.82, 2.24) is 14.7 Å². The number of carbonyl (C=O) groups excluding carboxylic acids is 3. The first kappa shape index (κ1) is 46.3. The first-order valence-corrected chi connectivity index (χ1v) is 25.0. The van der Waals surface area contributed by atoms with E-state index in [0.29, 0.717) is 11.3 Å². The number of hydrogen-bond donors (Lipinski definition) is 0. The van der Waals surface area contributed by atoms with Crippen LogP contribution in [0.1, 0.15) is 41.0 Å². The summed E-state index contributed by atoms with van der Waals surface area (Å²) in [7, 11) is 1.76. The van der Waals surface area contributed by atoms with Gasteiger partial charge in [-0.15, -0.1) is 11.8 Å². The molecule has 0 N–H and O–H groups in total. The van der Waals surface area contributed by atoms with Crippen molar-refractivity contribution in [1.29, 1.82) is 0 Å². The Hall–Kier alpha value is -7.79. The van der Waals surface area contributed by atoms with Crippen LogP contribution in [-0.2, 0) is 42.3 Å². The number of aryl methyl sites for hydroxylation is 1. The molecule has 1 saturated heterocycles. The average molecular weight is 951 g/mol. The van der Waals surface area contributed by atoms with Crippen LogP contribution in [0.2, 0.25) is 0 Å². The number of carbonyl (C=O) groups is 3. The summed E-state index contributed by atoms with van der Waals surface area (Å²) in [6, 6.07) is 66.9. The van der Waals surface area contributed by atoms with Gasteiger partial charge in [-0.2, -0.15) is 5.10 Å². The number of nitrogens with zero attached hydrogens (tertiary/aromatic N) is 4. The predicted octanol–water partition coefficient (Wildman–Crippen LogP) is 9.31. The van der Waals surface area contributed by atoms with Crippen LogP contribution in [0, 0.1) is 16.0 Å². The van der Waals surface area contributed by atoms with Gasteiger partial charge in [0.2, 0.25) is 5.91 Å². The van der Waals surface area contributed by atoms with Crippen molar-refractivity contribution in [3.05, 3.63) is 257 Å². The minimum absolute atomic E-state index is 0.106. The number of ether oxygens (including phenoxy) is 2. The third-order valence-electron chi connectivity index (χ3n) is 12.2. The standard InChI is InChI=1S/C56H47N4O7PS/c1-40(61)67-51(49-37-38-58(2)57-49)50-52(62)59(54(50)69-56(42-21-9-3-10-22-42,43-23-11-4-12-24-43)44-25-13-5-14-26-44)53(55(63)66-39-41-33-35-45(36-34-41)60(64)65)68(46-27-15-6-16-28-46,47-29-17-7-18-30-47)48-31-19-8-20-32-48/h3-38,50-51,54H,39H2,1-2H3. The topological polar surface area (TPSA) is 134 Å². The van der Waals surface area contributed by atoms with E-state index in [2.05, 4.69) is 36.4 Å². The highest BCUT2D eigenvalue weighted by atomic mass is 32.2. The number of likely N-dealkylation sites (tertiary alicyclic amines) is 1. The molecule has 11 nitrogen and oxygen atoms in total. The van der Waals surface area contributed by atoms with Crippen LogP contribution in [0.3, 0.4) is 0 Å². The second-order valence-corrected chi connectivity index (χ2v) is 21.1. The molecule has 344 valence electrons. The lowest BCUT2D eigenvalue weighted by molar-refractivity contribution is -0.384. The van der Waals surface area contributed by atoms with Crippen molar-refractivity contribution in [2.75, 3.05) is 0 Å². The van der Waals surface area contributed by atoms with Crippen molar-refractivity contribution < 1.29 is 28.8 Å². The summed E-state index contributed by atoms with van der Waals surface area (Å²) in [5.41, 5.74) is 3.61. The highest BCUT2D eigenvalue weighted by Crippen LogP contribution is 2.59. The Morgan fingerprint density at radius 1 is 0.681 bits per heavy atom. The Morgan fingerprint density at radius 3 is 1.51 bits per heavy atom. The maximum Gasteiger partial charge on any atom is 0.356 e. The summed E-state index contributed by atoms with van der Waals surface area (Å²) in [5.74, 6) is -2.91. The minimum atomic E-state index is -3.47. The number of aromatic nitrogens is 2. The molecule has 9 rings (SSSR count). The molecule has 0 aliphatic carbocycles. The second-order valence-electron chi connectivity index (χ2n) is 16.5. The van der Waals surface area contributed by atoms with Crippen LogP contribution in [-0.4, -0.2) is 48.2 Å². The number of benzene rings is 7. The van der Waals surface area contributed by atoms with Crippen molar-refractivity contribution in [3.8, 4) is 0 Å². The molecule has 7 aromatic carbocycles. The lowest BCUT2D eigenvalue weighted by atomic mass is 9.84. The Labute approximate surface area is 404 Å². The van der Waals surface area contributed by atoms with E-state index in [9.17, 15) is 14.9 Å². The summed E-state index contributed by atoms with van der Waals surface area (Å²) < 4.78 is 13.2. The molecule has 3 atom stereocenters. The quantitative estimate of drug-likeness (QED) is 0.0232. The Morgan fingerprint density at radius 2 is 1.12 bits per heavy atom. The van der Waals surface area contributed by atoms with Gasteiger partial charge in [-0.05, 0) is 56.4 Å². The summed E-state index contributed by atoms with van der Waals surface area (Å²) in [4.78, 5) is 58.2. The van der Waals surface area contributed by atoms with Crippen LogP contribution >= 0.6 is 18.6 Å². The molecule has 1 amide bonds. The summed E-state index contributed by atoms with van der Waals surface area (Å²) in [5, 5.41) is 17.7. The van der Waals surface area contributed by atoms with E-state index < -0.39 is 51.8 Å². The van der Waals surface area contributed by atoms with E-state index in [1.807, 2.05) is 146 Å². The lowest BCUT2D eigenvalue weighted by Crippen LogP contribution is -2.67. The first-order valence-electron chi connectivity index (χ1n) is 22.3. The van der Waals surface area contributed by atoms with Gasteiger partial charge < -0.3 is 9.47 Å². The fourth-order valence-corrected chi connectivity index (χ4v) is 15.5. The van der Waals surface area contributed by atoms with Gasteiger partial charge in [-0.3, -0.25) is 29.3 Å². The van der Waals surface area contributed by atoms with Gasteiger partial charge in [0.15, 0.2) is 6.10 Å². The lowest BCUT2D eigenvalue weighted by Gasteiger charge is -2.53. The fourth-order valence-electron chi connectivity index (χ4n) is 9.19. The maximum atomic E-state index is 16.1. The number of hydrogen-bond acceptors (Lipinski definition) is 9. The van der Waals surface area contributed by atoms with Crippen LogP contribution in [0.5, 0.6) is 0 Å². The van der Waals surface area contributed by atoms with E-state index in [4.69, 9.17) is 14.6 Å².